The molecule has 2 heteroatoms. The Morgan fingerprint density at radius 1 is 1.27 bits per heavy atom. The molecule has 3 fully saturated rings. The Hall–Kier alpha value is -0.0800. The first-order chi connectivity index (χ1) is 7.36. The Morgan fingerprint density at radius 3 is 2.80 bits per heavy atom. The van der Waals surface area contributed by atoms with E-state index >= 15 is 0 Å². The van der Waals surface area contributed by atoms with E-state index in [1.165, 1.54) is 38.5 Å². The van der Waals surface area contributed by atoms with Crippen molar-refractivity contribution in [1.29, 1.82) is 0 Å². The summed E-state index contributed by atoms with van der Waals surface area (Å²) in [5.74, 6) is 1.84. The maximum atomic E-state index is 5.63. The highest BCUT2D eigenvalue weighted by Crippen LogP contribution is 2.44. The molecule has 2 saturated heterocycles. The van der Waals surface area contributed by atoms with Crippen molar-refractivity contribution < 1.29 is 9.47 Å². The minimum atomic E-state index is 0.611. The lowest BCUT2D eigenvalue weighted by Crippen LogP contribution is -2.23. The van der Waals surface area contributed by atoms with Crippen LogP contribution in [0.15, 0.2) is 0 Å². The van der Waals surface area contributed by atoms with Gasteiger partial charge in [-0.1, -0.05) is 19.8 Å². The summed E-state index contributed by atoms with van der Waals surface area (Å²) in [5, 5.41) is 0. The molecule has 15 heavy (non-hydrogen) atoms. The van der Waals surface area contributed by atoms with Crippen molar-refractivity contribution in [2.24, 2.45) is 11.8 Å². The predicted octanol–water partition coefficient (Wildman–Crippen LogP) is 2.76. The highest BCUT2D eigenvalue weighted by Gasteiger charge is 2.46. The normalized spacial score (nSPS) is 44.6. The van der Waals surface area contributed by atoms with E-state index in [2.05, 4.69) is 6.92 Å². The van der Waals surface area contributed by atoms with Gasteiger partial charge in [-0.25, -0.2) is 0 Å². The molecule has 2 aliphatic heterocycles. The van der Waals surface area contributed by atoms with E-state index in [0.717, 1.165) is 18.4 Å². The predicted molar refractivity (Wildman–Crippen MR) is 58.8 cm³/mol. The van der Waals surface area contributed by atoms with E-state index in [1.54, 1.807) is 0 Å². The lowest BCUT2D eigenvalue weighted by molar-refractivity contribution is 0.216. The summed E-state index contributed by atoms with van der Waals surface area (Å²) in [6.07, 6.45) is 9.99. The molecule has 0 N–H and O–H groups in total. The molecule has 3 aliphatic rings. The zero-order valence-corrected chi connectivity index (χ0v) is 9.65. The van der Waals surface area contributed by atoms with Gasteiger partial charge < -0.3 is 9.47 Å². The summed E-state index contributed by atoms with van der Waals surface area (Å²) in [7, 11) is 0. The number of hydrogen-bond acceptors (Lipinski definition) is 2. The topological polar surface area (TPSA) is 25.1 Å². The van der Waals surface area contributed by atoms with Crippen LogP contribution in [0.1, 0.15) is 45.4 Å². The Bertz CT molecular complexity index is 225. The SMILES string of the molecule is CCCC(CC1CO1)C1CCC2OC2C1. The maximum absolute atomic E-state index is 5.63. The first-order valence-corrected chi connectivity index (χ1v) is 6.64. The standard InChI is InChI=1S/C13H22O2/c1-2-3-9(6-11-8-14-11)10-4-5-12-13(7-10)15-12/h9-13H,2-8H2,1H3. The Morgan fingerprint density at radius 2 is 2.13 bits per heavy atom. The summed E-state index contributed by atoms with van der Waals surface area (Å²) >= 11 is 0. The molecule has 3 rings (SSSR count). The molecule has 0 radical (unpaired) electrons. The summed E-state index contributed by atoms with van der Waals surface area (Å²) in [6, 6.07) is 0. The Kier molecular flexibility index (Phi) is 2.73. The smallest absolute Gasteiger partial charge is 0.0844 e. The molecule has 1 saturated carbocycles. The molecule has 2 heterocycles. The van der Waals surface area contributed by atoms with Crippen LogP contribution in [0.4, 0.5) is 0 Å². The second-order valence-corrected chi connectivity index (χ2v) is 5.53. The second kappa shape index (κ2) is 4.06. The minimum absolute atomic E-state index is 0.611. The van der Waals surface area contributed by atoms with Crippen LogP contribution in [0, 0.1) is 11.8 Å². The fraction of sp³-hybridized carbons (Fsp3) is 1.00. The summed E-state index contributed by atoms with van der Waals surface area (Å²) in [6.45, 7) is 3.33. The van der Waals surface area contributed by atoms with Gasteiger partial charge in [0.05, 0.1) is 24.9 Å². The maximum Gasteiger partial charge on any atom is 0.0844 e. The average molecular weight is 210 g/mol. The van der Waals surface area contributed by atoms with Crippen molar-refractivity contribution in [3.05, 3.63) is 0 Å². The van der Waals surface area contributed by atoms with Gasteiger partial charge in [-0.3, -0.25) is 0 Å². The molecule has 5 unspecified atom stereocenters. The molecular formula is C13H22O2. The van der Waals surface area contributed by atoms with E-state index in [0.29, 0.717) is 18.3 Å². The molecule has 0 amide bonds. The van der Waals surface area contributed by atoms with Crippen LogP contribution in [0.2, 0.25) is 0 Å². The van der Waals surface area contributed by atoms with Gasteiger partial charge in [0.15, 0.2) is 0 Å². The van der Waals surface area contributed by atoms with Gasteiger partial charge in [0.1, 0.15) is 0 Å². The lowest BCUT2D eigenvalue weighted by Gasteiger charge is -2.28. The van der Waals surface area contributed by atoms with E-state index in [1.807, 2.05) is 0 Å². The van der Waals surface area contributed by atoms with Gasteiger partial charge in [0, 0.05) is 0 Å². The van der Waals surface area contributed by atoms with E-state index < -0.39 is 0 Å². The monoisotopic (exact) mass is 210 g/mol. The molecule has 0 aromatic heterocycles. The molecule has 5 atom stereocenters. The molecule has 2 nitrogen and oxygen atoms in total. The van der Waals surface area contributed by atoms with E-state index in [4.69, 9.17) is 9.47 Å². The first kappa shape index (κ1) is 10.1. The zero-order chi connectivity index (χ0) is 10.3. The third-order valence-electron chi connectivity index (χ3n) is 4.34. The lowest BCUT2D eigenvalue weighted by atomic mass is 9.76. The first-order valence-electron chi connectivity index (χ1n) is 6.64. The van der Waals surface area contributed by atoms with Gasteiger partial charge in [0.25, 0.3) is 0 Å². The fourth-order valence-electron chi connectivity index (χ4n) is 3.32. The van der Waals surface area contributed by atoms with Crippen LogP contribution >= 0.6 is 0 Å². The van der Waals surface area contributed by atoms with E-state index in [9.17, 15) is 0 Å². The molecule has 0 bridgehead atoms. The van der Waals surface area contributed by atoms with Gasteiger partial charge >= 0.3 is 0 Å². The summed E-state index contributed by atoms with van der Waals surface area (Å²) in [5.41, 5.74) is 0. The quantitative estimate of drug-likeness (QED) is 0.652. The molecular weight excluding hydrogens is 188 g/mol. The highest BCUT2D eigenvalue weighted by atomic mass is 16.6. The van der Waals surface area contributed by atoms with Gasteiger partial charge in [-0.15, -0.1) is 0 Å². The van der Waals surface area contributed by atoms with Crippen LogP contribution < -0.4 is 0 Å². The van der Waals surface area contributed by atoms with Crippen LogP contribution in [0.3, 0.4) is 0 Å². The largest absolute Gasteiger partial charge is 0.373 e. The Balaban J connectivity index is 1.54. The van der Waals surface area contributed by atoms with Crippen LogP contribution in [-0.2, 0) is 9.47 Å². The van der Waals surface area contributed by atoms with Crippen LogP contribution in [0.5, 0.6) is 0 Å². The number of epoxide rings is 2. The summed E-state index contributed by atoms with van der Waals surface area (Å²) < 4.78 is 11.0. The van der Waals surface area contributed by atoms with Crippen molar-refractivity contribution in [3.63, 3.8) is 0 Å². The fourth-order valence-corrected chi connectivity index (χ4v) is 3.32. The summed E-state index contributed by atoms with van der Waals surface area (Å²) in [4.78, 5) is 0. The zero-order valence-electron chi connectivity index (χ0n) is 9.65. The molecule has 0 spiro atoms. The van der Waals surface area contributed by atoms with Gasteiger partial charge in [0.2, 0.25) is 0 Å². The van der Waals surface area contributed by atoms with Crippen molar-refractivity contribution in [2.75, 3.05) is 6.61 Å². The van der Waals surface area contributed by atoms with Crippen molar-refractivity contribution >= 4 is 0 Å². The third-order valence-corrected chi connectivity index (χ3v) is 4.34. The van der Waals surface area contributed by atoms with Gasteiger partial charge in [-0.2, -0.15) is 0 Å². The number of hydrogen-bond donors (Lipinski definition) is 0. The van der Waals surface area contributed by atoms with Crippen molar-refractivity contribution in [3.8, 4) is 0 Å². The van der Waals surface area contributed by atoms with Gasteiger partial charge in [-0.05, 0) is 37.5 Å². The molecule has 86 valence electrons. The molecule has 1 aliphatic carbocycles. The van der Waals surface area contributed by atoms with Crippen molar-refractivity contribution in [2.45, 2.75) is 63.8 Å². The molecule has 0 aromatic carbocycles. The Labute approximate surface area is 92.3 Å². The highest BCUT2D eigenvalue weighted by molar-refractivity contribution is 4.94. The van der Waals surface area contributed by atoms with Crippen LogP contribution in [0.25, 0.3) is 0 Å². The van der Waals surface area contributed by atoms with Crippen LogP contribution in [-0.4, -0.2) is 24.9 Å². The number of ether oxygens (including phenoxy) is 2. The number of fused-ring (bicyclic) bond motifs is 1. The second-order valence-electron chi connectivity index (χ2n) is 5.53. The number of rotatable bonds is 5. The minimum Gasteiger partial charge on any atom is -0.373 e. The molecule has 0 aromatic rings. The third kappa shape index (κ3) is 2.36. The van der Waals surface area contributed by atoms with E-state index in [-0.39, 0.29) is 0 Å². The average Bonchev–Trinajstić information content (AvgIpc) is 3.11. The van der Waals surface area contributed by atoms with Crippen molar-refractivity contribution in [1.82, 2.24) is 0 Å².